The van der Waals surface area contributed by atoms with Gasteiger partial charge in [-0.15, -0.1) is 0 Å². The molecular weight excluding hydrogens is 232 g/mol. The molecule has 0 saturated carbocycles. The van der Waals surface area contributed by atoms with Crippen molar-refractivity contribution in [3.63, 3.8) is 0 Å². The van der Waals surface area contributed by atoms with Crippen molar-refractivity contribution in [1.29, 1.82) is 0 Å². The van der Waals surface area contributed by atoms with E-state index in [0.717, 1.165) is 17.1 Å². The van der Waals surface area contributed by atoms with E-state index in [2.05, 4.69) is 4.43 Å². The van der Waals surface area contributed by atoms with Gasteiger partial charge in [0, 0.05) is 34.0 Å². The van der Waals surface area contributed by atoms with E-state index < -0.39 is 9.05 Å². The maximum atomic E-state index is 5.24. The van der Waals surface area contributed by atoms with Crippen molar-refractivity contribution in [2.75, 3.05) is 34.0 Å². The van der Waals surface area contributed by atoms with E-state index in [-0.39, 0.29) is 0 Å². The van der Waals surface area contributed by atoms with Crippen LogP contribution in [0.3, 0.4) is 0 Å². The van der Waals surface area contributed by atoms with Gasteiger partial charge in [-0.3, -0.25) is 0 Å². The molecule has 0 bridgehead atoms. The minimum atomic E-state index is -2.74. The van der Waals surface area contributed by atoms with Gasteiger partial charge in [0.15, 0.2) is 0 Å². The standard InChI is InChI=1S/C6H16O4Si.C2H8OSi/c1-5-9-11(7-3,8-4)10-6-2;1-2-3-4/h5-6H2,1-4H3;2H2,1,4H3. The summed E-state index contributed by atoms with van der Waals surface area (Å²) in [6.07, 6.45) is 0. The van der Waals surface area contributed by atoms with Crippen LogP contribution in [-0.4, -0.2) is 53.6 Å². The van der Waals surface area contributed by atoms with Gasteiger partial charge in [0.25, 0.3) is 0 Å². The van der Waals surface area contributed by atoms with Gasteiger partial charge in [-0.05, 0) is 20.8 Å². The van der Waals surface area contributed by atoms with E-state index in [1.807, 2.05) is 20.8 Å². The maximum Gasteiger partial charge on any atom is 0.679 e. The van der Waals surface area contributed by atoms with Crippen LogP contribution >= 0.6 is 0 Å². The molecule has 0 aliphatic heterocycles. The molecule has 0 unspecified atom stereocenters. The first-order chi connectivity index (χ1) is 7.16. The highest BCUT2D eigenvalue weighted by Gasteiger charge is 2.42. The fraction of sp³-hybridized carbons (Fsp3) is 1.00. The van der Waals surface area contributed by atoms with Gasteiger partial charge in [-0.2, -0.15) is 0 Å². The third-order valence-corrected chi connectivity index (χ3v) is 4.29. The average molecular weight is 256 g/mol. The molecule has 0 saturated heterocycles. The molecule has 7 heteroatoms. The summed E-state index contributed by atoms with van der Waals surface area (Å²) in [6.45, 7) is 7.69. The Morgan fingerprint density at radius 2 is 1.20 bits per heavy atom. The molecule has 5 nitrogen and oxygen atoms in total. The van der Waals surface area contributed by atoms with E-state index in [1.165, 1.54) is 14.2 Å². The lowest BCUT2D eigenvalue weighted by Gasteiger charge is -2.23. The molecule has 0 heterocycles. The normalized spacial score (nSPS) is 11.0. The molecule has 0 aromatic heterocycles. The molecule has 0 aliphatic carbocycles. The first-order valence-electron chi connectivity index (χ1n) is 5.03. The average Bonchev–Trinajstić information content (AvgIpc) is 2.29. The molecule has 0 spiro atoms. The van der Waals surface area contributed by atoms with Crippen LogP contribution in [0.1, 0.15) is 20.8 Å². The monoisotopic (exact) mass is 256 g/mol. The van der Waals surface area contributed by atoms with Gasteiger partial charge in [0.1, 0.15) is 10.5 Å². The van der Waals surface area contributed by atoms with Crippen LogP contribution in [0.15, 0.2) is 0 Å². The first-order valence-corrected chi connectivity index (χ1v) is 7.48. The zero-order valence-electron chi connectivity index (χ0n) is 10.7. The van der Waals surface area contributed by atoms with E-state index in [0.29, 0.717) is 13.2 Å². The quantitative estimate of drug-likeness (QED) is 0.604. The summed E-state index contributed by atoms with van der Waals surface area (Å²) in [5.74, 6) is 0. The minimum Gasteiger partial charge on any atom is -0.428 e. The SMILES string of the molecule is CCO[SiH3].CCO[Si](OC)(OC)OCC. The highest BCUT2D eigenvalue weighted by molar-refractivity contribution is 6.53. The second kappa shape index (κ2) is 12.3. The summed E-state index contributed by atoms with van der Waals surface area (Å²) in [6, 6.07) is 0. The predicted octanol–water partition coefficient (Wildman–Crippen LogP) is 0.0911. The van der Waals surface area contributed by atoms with Crippen LogP contribution in [0, 0.1) is 0 Å². The Bertz CT molecular complexity index is 112. The second-order valence-corrected chi connectivity index (χ2v) is 5.32. The lowest BCUT2D eigenvalue weighted by Crippen LogP contribution is -2.47. The summed E-state index contributed by atoms with van der Waals surface area (Å²) in [5.41, 5.74) is 0. The zero-order chi connectivity index (χ0) is 12.2. The van der Waals surface area contributed by atoms with Crippen molar-refractivity contribution in [1.82, 2.24) is 0 Å². The molecule has 94 valence electrons. The van der Waals surface area contributed by atoms with Crippen LogP contribution < -0.4 is 0 Å². The van der Waals surface area contributed by atoms with Crippen LogP contribution in [0.4, 0.5) is 0 Å². The van der Waals surface area contributed by atoms with E-state index >= 15 is 0 Å². The van der Waals surface area contributed by atoms with Crippen molar-refractivity contribution >= 4 is 19.5 Å². The summed E-state index contributed by atoms with van der Waals surface area (Å²) < 4.78 is 25.2. The molecule has 0 aliphatic rings. The summed E-state index contributed by atoms with van der Waals surface area (Å²) in [4.78, 5) is 0. The van der Waals surface area contributed by atoms with Crippen molar-refractivity contribution < 1.29 is 22.1 Å². The van der Waals surface area contributed by atoms with Gasteiger partial charge < -0.3 is 22.1 Å². The fourth-order valence-electron chi connectivity index (χ4n) is 0.714. The molecule has 0 amide bonds. The molecule has 0 radical (unpaired) electrons. The van der Waals surface area contributed by atoms with Crippen molar-refractivity contribution in [2.24, 2.45) is 0 Å². The lowest BCUT2D eigenvalue weighted by atomic mass is 10.9. The Kier molecular flexibility index (Phi) is 14.5. The van der Waals surface area contributed by atoms with E-state index in [4.69, 9.17) is 17.7 Å². The van der Waals surface area contributed by atoms with Gasteiger partial charge in [-0.25, -0.2) is 0 Å². The second-order valence-electron chi connectivity index (χ2n) is 2.35. The number of rotatable bonds is 7. The molecule has 0 atom stereocenters. The van der Waals surface area contributed by atoms with E-state index in [9.17, 15) is 0 Å². The molecule has 0 aromatic carbocycles. The van der Waals surface area contributed by atoms with Crippen molar-refractivity contribution in [3.8, 4) is 0 Å². The molecule has 0 rings (SSSR count). The van der Waals surface area contributed by atoms with Gasteiger partial charge in [0.2, 0.25) is 0 Å². The molecule has 0 aromatic rings. The molecule has 0 fully saturated rings. The van der Waals surface area contributed by atoms with Gasteiger partial charge in [0.05, 0.1) is 0 Å². The molecular formula is C8H24O5Si2. The number of hydrogen-bond donors (Lipinski definition) is 0. The van der Waals surface area contributed by atoms with Crippen molar-refractivity contribution in [3.05, 3.63) is 0 Å². The summed E-state index contributed by atoms with van der Waals surface area (Å²) in [7, 11) is 1.20. The van der Waals surface area contributed by atoms with Crippen LogP contribution in [0.25, 0.3) is 0 Å². The topological polar surface area (TPSA) is 46.2 Å². The highest BCUT2D eigenvalue weighted by Crippen LogP contribution is 2.08. The highest BCUT2D eigenvalue weighted by atomic mass is 28.4. The van der Waals surface area contributed by atoms with Gasteiger partial charge in [-0.1, -0.05) is 0 Å². The van der Waals surface area contributed by atoms with Crippen molar-refractivity contribution in [2.45, 2.75) is 20.8 Å². The Labute approximate surface area is 97.0 Å². The molecule has 15 heavy (non-hydrogen) atoms. The predicted molar refractivity (Wildman–Crippen MR) is 64.6 cm³/mol. The van der Waals surface area contributed by atoms with Crippen LogP contribution in [-0.2, 0) is 22.1 Å². The Hall–Kier alpha value is 0.234. The van der Waals surface area contributed by atoms with Crippen LogP contribution in [0.2, 0.25) is 0 Å². The number of hydrogen-bond acceptors (Lipinski definition) is 5. The summed E-state index contributed by atoms with van der Waals surface area (Å²) >= 11 is 0. The van der Waals surface area contributed by atoms with Gasteiger partial charge >= 0.3 is 9.05 Å². The Morgan fingerprint density at radius 3 is 1.33 bits per heavy atom. The smallest absolute Gasteiger partial charge is 0.428 e. The van der Waals surface area contributed by atoms with E-state index in [1.54, 1.807) is 0 Å². The Balaban J connectivity index is 0. The summed E-state index contributed by atoms with van der Waals surface area (Å²) in [5, 5.41) is 0. The largest absolute Gasteiger partial charge is 0.679 e. The third-order valence-electron chi connectivity index (χ3n) is 1.43. The zero-order valence-corrected chi connectivity index (χ0v) is 13.7. The maximum absolute atomic E-state index is 5.24. The lowest BCUT2D eigenvalue weighted by molar-refractivity contribution is -0.00275. The first kappa shape index (κ1) is 17.6. The molecule has 0 N–H and O–H groups in total. The van der Waals surface area contributed by atoms with Crippen LogP contribution in [0.5, 0.6) is 0 Å². The fourth-order valence-corrected chi connectivity index (χ4v) is 2.14. The third kappa shape index (κ3) is 9.18. The minimum absolute atomic E-state index is 0.536. The Morgan fingerprint density at radius 1 is 0.867 bits per heavy atom.